The van der Waals surface area contributed by atoms with Gasteiger partial charge in [-0.15, -0.1) is 0 Å². The van der Waals surface area contributed by atoms with E-state index in [2.05, 4.69) is 29.5 Å². The minimum Gasteiger partial charge on any atom is -0.379 e. The minimum absolute atomic E-state index is 0.535. The van der Waals surface area contributed by atoms with Crippen LogP contribution in [0.2, 0.25) is 0 Å². The van der Waals surface area contributed by atoms with E-state index in [0.29, 0.717) is 119 Å². The molecule has 0 rings (SSSR count). The lowest BCUT2D eigenvalue weighted by Gasteiger charge is -2.09. The largest absolute Gasteiger partial charge is 0.379 e. The Morgan fingerprint density at radius 2 is 0.417 bits per heavy atom. The van der Waals surface area contributed by atoms with Crippen molar-refractivity contribution < 1.29 is 47.4 Å². The second kappa shape index (κ2) is 47.3. The Morgan fingerprint density at radius 3 is 0.646 bits per heavy atom. The van der Waals surface area contributed by atoms with Gasteiger partial charge >= 0.3 is 0 Å². The molecule has 48 heavy (non-hydrogen) atoms. The zero-order valence-corrected chi connectivity index (χ0v) is 33.1. The molecule has 11 heteroatoms. The van der Waals surface area contributed by atoms with Gasteiger partial charge in [0.05, 0.1) is 119 Å². The molecule has 0 aliphatic rings. The van der Waals surface area contributed by atoms with Crippen LogP contribution in [0.4, 0.5) is 0 Å². The van der Waals surface area contributed by atoms with Crippen LogP contribution < -0.4 is 0 Å². The van der Waals surface area contributed by atoms with Crippen molar-refractivity contribution in [2.75, 3.05) is 137 Å². The van der Waals surface area contributed by atoms with Crippen molar-refractivity contribution in [1.82, 2.24) is 0 Å². The predicted molar refractivity (Wildman–Crippen MR) is 202 cm³/mol. The Labute approximate surface area is 308 Å². The van der Waals surface area contributed by atoms with Crippen molar-refractivity contribution >= 4 is 22.6 Å². The van der Waals surface area contributed by atoms with Gasteiger partial charge in [-0.25, -0.2) is 0 Å². The fourth-order valence-corrected chi connectivity index (χ4v) is 5.14. The number of hydrogen-bond donors (Lipinski definition) is 0. The van der Waals surface area contributed by atoms with Gasteiger partial charge in [0.15, 0.2) is 0 Å². The Morgan fingerprint density at radius 1 is 0.229 bits per heavy atom. The standard InChI is InChI=1S/C37H75IO10/c1-2-3-4-5-6-7-8-9-10-12-15-18-39-20-22-41-24-26-43-28-30-45-32-34-47-36-37-48-35-33-46-31-29-44-27-25-42-23-21-40-19-16-13-11-14-17-38/h2-37H2,1H3. The molecule has 0 saturated heterocycles. The van der Waals surface area contributed by atoms with Crippen molar-refractivity contribution in [3.63, 3.8) is 0 Å². The number of ether oxygens (including phenoxy) is 10. The predicted octanol–water partition coefficient (Wildman–Crippen LogP) is 7.46. The van der Waals surface area contributed by atoms with Crippen LogP contribution in [-0.4, -0.2) is 137 Å². The fourth-order valence-electron chi connectivity index (χ4n) is 4.60. The van der Waals surface area contributed by atoms with Crippen LogP contribution in [-0.2, 0) is 47.4 Å². The summed E-state index contributed by atoms with van der Waals surface area (Å²) in [4.78, 5) is 0. The second-order valence-electron chi connectivity index (χ2n) is 11.8. The molecule has 10 nitrogen and oxygen atoms in total. The molecule has 290 valence electrons. The molecule has 0 atom stereocenters. The van der Waals surface area contributed by atoms with Gasteiger partial charge in [0.2, 0.25) is 0 Å². The van der Waals surface area contributed by atoms with Crippen LogP contribution in [0.3, 0.4) is 0 Å². The Hall–Kier alpha value is 0.330. The summed E-state index contributed by atoms with van der Waals surface area (Å²) in [7, 11) is 0. The Bertz CT molecular complexity index is 504. The third-order valence-electron chi connectivity index (χ3n) is 7.41. The zero-order chi connectivity index (χ0) is 34.5. The van der Waals surface area contributed by atoms with Crippen LogP contribution in [0.15, 0.2) is 0 Å². The molecule has 0 heterocycles. The number of unbranched alkanes of at least 4 members (excludes halogenated alkanes) is 13. The van der Waals surface area contributed by atoms with E-state index in [0.717, 1.165) is 26.1 Å². The van der Waals surface area contributed by atoms with Gasteiger partial charge in [0.1, 0.15) is 0 Å². The van der Waals surface area contributed by atoms with Gasteiger partial charge in [0, 0.05) is 13.2 Å². The third-order valence-corrected chi connectivity index (χ3v) is 8.18. The number of rotatable bonds is 45. The van der Waals surface area contributed by atoms with E-state index in [1.165, 1.54) is 87.9 Å². The van der Waals surface area contributed by atoms with Gasteiger partial charge < -0.3 is 47.4 Å². The first-order chi connectivity index (χ1) is 23.9. The number of halogens is 1. The molecule has 0 spiro atoms. The number of alkyl halides is 1. The van der Waals surface area contributed by atoms with E-state index in [1.54, 1.807) is 0 Å². The maximum atomic E-state index is 5.66. The summed E-state index contributed by atoms with van der Waals surface area (Å²) in [6, 6.07) is 0. The highest BCUT2D eigenvalue weighted by molar-refractivity contribution is 14.1. The zero-order valence-electron chi connectivity index (χ0n) is 30.9. The third kappa shape index (κ3) is 46.3. The molecule has 0 unspecified atom stereocenters. The molecule has 0 N–H and O–H groups in total. The summed E-state index contributed by atoms with van der Waals surface area (Å²) in [6.07, 6.45) is 19.9. The Kier molecular flexibility index (Phi) is 47.7. The van der Waals surface area contributed by atoms with Crippen molar-refractivity contribution in [3.8, 4) is 0 Å². The van der Waals surface area contributed by atoms with Crippen LogP contribution >= 0.6 is 22.6 Å². The first-order valence-corrected chi connectivity index (χ1v) is 20.8. The van der Waals surface area contributed by atoms with Gasteiger partial charge in [-0.2, -0.15) is 0 Å². The van der Waals surface area contributed by atoms with Crippen molar-refractivity contribution in [2.45, 2.75) is 103 Å². The van der Waals surface area contributed by atoms with E-state index in [4.69, 9.17) is 47.4 Å². The van der Waals surface area contributed by atoms with E-state index in [1.807, 2.05) is 0 Å². The van der Waals surface area contributed by atoms with E-state index in [-0.39, 0.29) is 0 Å². The molecule has 0 fully saturated rings. The van der Waals surface area contributed by atoms with Crippen molar-refractivity contribution in [3.05, 3.63) is 0 Å². The summed E-state index contributed by atoms with van der Waals surface area (Å²) < 4.78 is 56.6. The lowest BCUT2D eigenvalue weighted by molar-refractivity contribution is -0.0264. The molecule has 0 radical (unpaired) electrons. The van der Waals surface area contributed by atoms with Gasteiger partial charge in [0.25, 0.3) is 0 Å². The highest BCUT2D eigenvalue weighted by Gasteiger charge is 1.97. The van der Waals surface area contributed by atoms with Crippen LogP contribution in [0.5, 0.6) is 0 Å². The fraction of sp³-hybridized carbons (Fsp3) is 1.00. The maximum absolute atomic E-state index is 5.66. The van der Waals surface area contributed by atoms with Gasteiger partial charge in [-0.05, 0) is 23.7 Å². The molecule has 0 saturated carbocycles. The highest BCUT2D eigenvalue weighted by Crippen LogP contribution is 2.11. The smallest absolute Gasteiger partial charge is 0.0701 e. The topological polar surface area (TPSA) is 92.3 Å². The average molecular weight is 807 g/mol. The second-order valence-corrected chi connectivity index (χ2v) is 12.8. The molecule has 0 aromatic rings. The van der Waals surface area contributed by atoms with E-state index >= 15 is 0 Å². The van der Waals surface area contributed by atoms with Crippen molar-refractivity contribution in [1.29, 1.82) is 0 Å². The van der Waals surface area contributed by atoms with Gasteiger partial charge in [-0.1, -0.05) is 107 Å². The van der Waals surface area contributed by atoms with Crippen LogP contribution in [0.1, 0.15) is 103 Å². The van der Waals surface area contributed by atoms with Crippen LogP contribution in [0.25, 0.3) is 0 Å². The molecule has 0 amide bonds. The lowest BCUT2D eigenvalue weighted by Crippen LogP contribution is -2.15. The normalized spacial score (nSPS) is 11.6. The molecule has 0 bridgehead atoms. The Balaban J connectivity index is 3.04. The minimum atomic E-state index is 0.535. The van der Waals surface area contributed by atoms with Gasteiger partial charge in [-0.3, -0.25) is 0 Å². The van der Waals surface area contributed by atoms with Crippen LogP contribution in [0, 0.1) is 0 Å². The molecule has 0 aromatic heterocycles. The molecular weight excluding hydrogens is 731 g/mol. The lowest BCUT2D eigenvalue weighted by atomic mass is 10.1. The maximum Gasteiger partial charge on any atom is 0.0701 e. The first kappa shape index (κ1) is 48.3. The molecule has 0 aliphatic heterocycles. The summed E-state index contributed by atoms with van der Waals surface area (Å²) >= 11 is 2.42. The quantitative estimate of drug-likeness (QED) is 0.0351. The first-order valence-electron chi connectivity index (χ1n) is 19.2. The SMILES string of the molecule is CCCCCCCCCCCCCOCCOCCOCCOCCOCCOCCOCCOCCOCCOCCCCCCI. The summed E-state index contributed by atoms with van der Waals surface area (Å²) in [5, 5.41) is 0. The van der Waals surface area contributed by atoms with E-state index in [9.17, 15) is 0 Å². The molecule has 0 aliphatic carbocycles. The molecule has 0 aromatic carbocycles. The number of hydrogen-bond acceptors (Lipinski definition) is 10. The summed E-state index contributed by atoms with van der Waals surface area (Å²) in [5.41, 5.74) is 0. The van der Waals surface area contributed by atoms with Crippen molar-refractivity contribution in [2.24, 2.45) is 0 Å². The summed E-state index contributed by atoms with van der Waals surface area (Å²) in [6.45, 7) is 14.2. The highest BCUT2D eigenvalue weighted by atomic mass is 127. The monoisotopic (exact) mass is 806 g/mol. The average Bonchev–Trinajstić information content (AvgIpc) is 3.10. The molecular formula is C37H75IO10. The summed E-state index contributed by atoms with van der Waals surface area (Å²) in [5.74, 6) is 0. The van der Waals surface area contributed by atoms with E-state index < -0.39 is 0 Å².